The van der Waals surface area contributed by atoms with Crippen molar-refractivity contribution in [2.24, 2.45) is 7.05 Å². The number of imidazole rings is 1. The maximum absolute atomic E-state index is 11.4. The van der Waals surface area contributed by atoms with Gasteiger partial charge in [0.05, 0.1) is 6.33 Å². The molecule has 0 radical (unpaired) electrons. The number of aromatic nitrogens is 2. The number of aliphatic hydroxyl groups is 1. The summed E-state index contributed by atoms with van der Waals surface area (Å²) in [4.78, 5) is 25.5. The van der Waals surface area contributed by atoms with Crippen molar-refractivity contribution in [3.8, 4) is 0 Å². The van der Waals surface area contributed by atoms with E-state index in [-0.39, 0.29) is 18.7 Å². The smallest absolute Gasteiger partial charge is 0.332 e. The molecule has 0 aliphatic carbocycles. The van der Waals surface area contributed by atoms with Gasteiger partial charge in [-0.05, 0) is 0 Å². The lowest BCUT2D eigenvalue weighted by atomic mass is 10.2. The van der Waals surface area contributed by atoms with E-state index in [1.807, 2.05) is 0 Å². The summed E-state index contributed by atoms with van der Waals surface area (Å²) in [7, 11) is 1.73. The molecule has 1 heterocycles. The van der Waals surface area contributed by atoms with E-state index in [4.69, 9.17) is 10.2 Å². The van der Waals surface area contributed by atoms with Crippen LogP contribution in [0, 0.1) is 0 Å². The van der Waals surface area contributed by atoms with E-state index in [0.717, 1.165) is 0 Å². The number of carbonyl (C=O) groups is 2. The Kier molecular flexibility index (Phi) is 4.01. The number of hydrogen-bond acceptors (Lipinski definition) is 4. The van der Waals surface area contributed by atoms with Crippen molar-refractivity contribution in [1.29, 1.82) is 0 Å². The van der Waals surface area contributed by atoms with E-state index < -0.39 is 18.0 Å². The standard InChI is InChI=1S/C9H13N3O4/c1-12-4-6(11-5-12)8(14)10-3-2-7(13)9(15)16/h4-5,7,13H,2-3H2,1H3,(H,10,14)(H,15,16)/t7-/m0/s1. The normalized spacial score (nSPS) is 12.1. The van der Waals surface area contributed by atoms with Crippen LogP contribution in [0.5, 0.6) is 0 Å². The van der Waals surface area contributed by atoms with Crippen LogP contribution < -0.4 is 5.32 Å². The van der Waals surface area contributed by atoms with E-state index >= 15 is 0 Å². The van der Waals surface area contributed by atoms with Gasteiger partial charge >= 0.3 is 5.97 Å². The van der Waals surface area contributed by atoms with Crippen molar-refractivity contribution in [1.82, 2.24) is 14.9 Å². The first-order valence-electron chi connectivity index (χ1n) is 4.67. The van der Waals surface area contributed by atoms with E-state index in [9.17, 15) is 9.59 Å². The maximum Gasteiger partial charge on any atom is 0.332 e. The van der Waals surface area contributed by atoms with Gasteiger partial charge in [-0.25, -0.2) is 9.78 Å². The van der Waals surface area contributed by atoms with Crippen LogP contribution in [0.4, 0.5) is 0 Å². The highest BCUT2D eigenvalue weighted by molar-refractivity contribution is 5.92. The molecule has 1 atom stereocenters. The zero-order valence-corrected chi connectivity index (χ0v) is 8.75. The first-order valence-corrected chi connectivity index (χ1v) is 4.67. The van der Waals surface area contributed by atoms with Crippen LogP contribution in [-0.2, 0) is 11.8 Å². The number of aryl methyl sites for hydroxylation is 1. The monoisotopic (exact) mass is 227 g/mol. The molecular weight excluding hydrogens is 214 g/mol. The molecule has 0 saturated heterocycles. The summed E-state index contributed by atoms with van der Waals surface area (Å²) in [6.07, 6.45) is 1.54. The molecule has 0 unspecified atom stereocenters. The summed E-state index contributed by atoms with van der Waals surface area (Å²) in [6, 6.07) is 0. The van der Waals surface area contributed by atoms with Crippen LogP contribution in [0.15, 0.2) is 12.5 Å². The topological polar surface area (TPSA) is 104 Å². The van der Waals surface area contributed by atoms with Crippen molar-refractivity contribution in [2.75, 3.05) is 6.54 Å². The van der Waals surface area contributed by atoms with Crippen LogP contribution in [-0.4, -0.2) is 44.3 Å². The quantitative estimate of drug-likeness (QED) is 0.597. The van der Waals surface area contributed by atoms with Crippen molar-refractivity contribution < 1.29 is 19.8 Å². The molecule has 1 amide bonds. The molecule has 1 aromatic rings. The van der Waals surface area contributed by atoms with Crippen LogP contribution in [0.3, 0.4) is 0 Å². The minimum atomic E-state index is -1.45. The molecule has 7 heteroatoms. The number of hydrogen-bond donors (Lipinski definition) is 3. The second-order valence-corrected chi connectivity index (χ2v) is 3.32. The fourth-order valence-electron chi connectivity index (χ4n) is 1.07. The molecule has 0 fully saturated rings. The Bertz CT molecular complexity index is 388. The summed E-state index contributed by atoms with van der Waals surface area (Å²) in [5.41, 5.74) is 0.257. The average Bonchev–Trinajstić information content (AvgIpc) is 2.64. The lowest BCUT2D eigenvalue weighted by Crippen LogP contribution is -2.30. The summed E-state index contributed by atoms with van der Waals surface area (Å²) in [6.45, 7) is 0.0862. The largest absolute Gasteiger partial charge is 0.479 e. The average molecular weight is 227 g/mol. The zero-order valence-electron chi connectivity index (χ0n) is 8.75. The highest BCUT2D eigenvalue weighted by atomic mass is 16.4. The lowest BCUT2D eigenvalue weighted by Gasteiger charge is -2.05. The number of nitrogens with one attached hydrogen (secondary N) is 1. The predicted octanol–water partition coefficient (Wildman–Crippen LogP) is -1.01. The Morgan fingerprint density at radius 3 is 2.81 bits per heavy atom. The second kappa shape index (κ2) is 5.26. The third-order valence-electron chi connectivity index (χ3n) is 1.93. The van der Waals surface area contributed by atoms with E-state index in [0.29, 0.717) is 0 Å². The number of carboxylic acids is 1. The van der Waals surface area contributed by atoms with Gasteiger partial charge in [0, 0.05) is 26.2 Å². The molecule has 0 aliphatic heterocycles. The molecule has 0 aromatic carbocycles. The van der Waals surface area contributed by atoms with Gasteiger partial charge in [0.25, 0.3) is 5.91 Å². The van der Waals surface area contributed by atoms with E-state index in [1.165, 1.54) is 6.33 Å². The Balaban J connectivity index is 2.34. The van der Waals surface area contributed by atoms with Crippen molar-refractivity contribution in [3.05, 3.63) is 18.2 Å². The number of aliphatic carboxylic acids is 1. The Labute approximate surface area is 91.7 Å². The minimum absolute atomic E-state index is 0.0338. The summed E-state index contributed by atoms with van der Waals surface area (Å²) in [5.74, 6) is -1.69. The first kappa shape index (κ1) is 12.2. The number of nitrogens with zero attached hydrogens (tertiary/aromatic N) is 2. The fourth-order valence-corrected chi connectivity index (χ4v) is 1.07. The van der Waals surface area contributed by atoms with Crippen molar-refractivity contribution in [3.63, 3.8) is 0 Å². The molecule has 0 spiro atoms. The number of aliphatic hydroxyl groups excluding tert-OH is 1. The number of rotatable bonds is 5. The van der Waals surface area contributed by atoms with E-state index in [1.54, 1.807) is 17.8 Å². The van der Waals surface area contributed by atoms with Crippen molar-refractivity contribution in [2.45, 2.75) is 12.5 Å². The number of carboxylic acid groups (broad SMARTS) is 1. The van der Waals surface area contributed by atoms with Crippen LogP contribution in [0.1, 0.15) is 16.9 Å². The lowest BCUT2D eigenvalue weighted by molar-refractivity contribution is -0.146. The zero-order chi connectivity index (χ0) is 12.1. The Morgan fingerprint density at radius 2 is 2.31 bits per heavy atom. The Morgan fingerprint density at radius 1 is 1.62 bits per heavy atom. The van der Waals surface area contributed by atoms with Gasteiger partial charge < -0.3 is 20.1 Å². The molecule has 16 heavy (non-hydrogen) atoms. The SMILES string of the molecule is Cn1cnc(C(=O)NCC[C@H](O)C(=O)O)c1. The predicted molar refractivity (Wildman–Crippen MR) is 53.8 cm³/mol. The van der Waals surface area contributed by atoms with Gasteiger partial charge in [0.2, 0.25) is 0 Å². The fraction of sp³-hybridized carbons (Fsp3) is 0.444. The molecule has 1 aromatic heterocycles. The molecule has 7 nitrogen and oxygen atoms in total. The third-order valence-corrected chi connectivity index (χ3v) is 1.93. The first-order chi connectivity index (χ1) is 7.50. The minimum Gasteiger partial charge on any atom is -0.479 e. The van der Waals surface area contributed by atoms with Gasteiger partial charge in [-0.1, -0.05) is 0 Å². The molecule has 3 N–H and O–H groups in total. The summed E-state index contributed by atoms with van der Waals surface area (Å²) >= 11 is 0. The van der Waals surface area contributed by atoms with Gasteiger partial charge in [-0.15, -0.1) is 0 Å². The number of amides is 1. The molecule has 0 aliphatic rings. The molecule has 88 valence electrons. The van der Waals surface area contributed by atoms with Gasteiger partial charge in [0.15, 0.2) is 6.10 Å². The third kappa shape index (κ3) is 3.35. The summed E-state index contributed by atoms with van der Waals surface area (Å²) < 4.78 is 1.63. The summed E-state index contributed by atoms with van der Waals surface area (Å²) in [5, 5.41) is 19.8. The Hall–Kier alpha value is -1.89. The van der Waals surface area contributed by atoms with Crippen LogP contribution >= 0.6 is 0 Å². The molecular formula is C9H13N3O4. The van der Waals surface area contributed by atoms with Gasteiger partial charge in [-0.3, -0.25) is 4.79 Å². The molecule has 0 saturated carbocycles. The molecule has 0 bridgehead atoms. The van der Waals surface area contributed by atoms with Gasteiger partial charge in [0.1, 0.15) is 5.69 Å². The highest BCUT2D eigenvalue weighted by Crippen LogP contribution is 1.95. The maximum atomic E-state index is 11.4. The molecule has 1 rings (SSSR count). The van der Waals surface area contributed by atoms with Crippen LogP contribution in [0.25, 0.3) is 0 Å². The second-order valence-electron chi connectivity index (χ2n) is 3.32. The van der Waals surface area contributed by atoms with Crippen LogP contribution in [0.2, 0.25) is 0 Å². The van der Waals surface area contributed by atoms with Crippen molar-refractivity contribution >= 4 is 11.9 Å². The highest BCUT2D eigenvalue weighted by Gasteiger charge is 2.14. The van der Waals surface area contributed by atoms with E-state index in [2.05, 4.69) is 10.3 Å². The van der Waals surface area contributed by atoms with Gasteiger partial charge in [-0.2, -0.15) is 0 Å². The number of carbonyl (C=O) groups excluding carboxylic acids is 1.